The van der Waals surface area contributed by atoms with Crippen molar-refractivity contribution in [2.45, 2.75) is 20.0 Å². The lowest BCUT2D eigenvalue weighted by Crippen LogP contribution is -2.27. The van der Waals surface area contributed by atoms with Gasteiger partial charge in [0.15, 0.2) is 6.10 Å². The summed E-state index contributed by atoms with van der Waals surface area (Å²) in [4.78, 5) is 24.1. The second-order valence-electron chi connectivity index (χ2n) is 5.61. The van der Waals surface area contributed by atoms with Crippen molar-refractivity contribution in [2.75, 3.05) is 25.1 Å². The molecule has 0 fully saturated rings. The Morgan fingerprint density at radius 2 is 1.70 bits per heavy atom. The van der Waals surface area contributed by atoms with Crippen LogP contribution in [0.3, 0.4) is 0 Å². The zero-order valence-corrected chi connectivity index (χ0v) is 16.0. The topological polar surface area (TPSA) is 73.9 Å². The lowest BCUT2D eigenvalue weighted by molar-refractivity contribution is -0.152. The molecule has 0 aliphatic rings. The van der Waals surface area contributed by atoms with Gasteiger partial charge >= 0.3 is 5.97 Å². The summed E-state index contributed by atoms with van der Waals surface area (Å²) in [7, 11) is 0. The van der Waals surface area contributed by atoms with E-state index in [2.05, 4.69) is 5.32 Å². The highest BCUT2D eigenvalue weighted by molar-refractivity contribution is 6.30. The van der Waals surface area contributed by atoms with Gasteiger partial charge in [0.2, 0.25) is 0 Å². The van der Waals surface area contributed by atoms with E-state index in [-0.39, 0.29) is 12.5 Å². The van der Waals surface area contributed by atoms with Crippen LogP contribution in [0.25, 0.3) is 0 Å². The van der Waals surface area contributed by atoms with Crippen molar-refractivity contribution in [3.63, 3.8) is 0 Å². The molecule has 0 spiro atoms. The van der Waals surface area contributed by atoms with Gasteiger partial charge in [-0.05, 0) is 62.4 Å². The van der Waals surface area contributed by atoms with Gasteiger partial charge in [-0.1, -0.05) is 11.6 Å². The van der Waals surface area contributed by atoms with Crippen LogP contribution in [-0.2, 0) is 14.3 Å². The predicted octanol–water partition coefficient (Wildman–Crippen LogP) is 3.94. The molecule has 1 atom stereocenters. The maximum Gasteiger partial charge on any atom is 0.347 e. The highest BCUT2D eigenvalue weighted by Gasteiger charge is 2.16. The summed E-state index contributed by atoms with van der Waals surface area (Å²) in [6.07, 6.45) is -0.764. The van der Waals surface area contributed by atoms with Crippen molar-refractivity contribution in [3.8, 4) is 5.75 Å². The van der Waals surface area contributed by atoms with Crippen molar-refractivity contribution < 1.29 is 23.8 Å². The first-order valence-corrected chi connectivity index (χ1v) is 8.95. The molecule has 144 valence electrons. The summed E-state index contributed by atoms with van der Waals surface area (Å²) < 4.78 is 15.7. The highest BCUT2D eigenvalue weighted by Crippen LogP contribution is 2.17. The molecular formula is C20H22ClNO5. The Morgan fingerprint density at radius 3 is 2.33 bits per heavy atom. The number of esters is 1. The van der Waals surface area contributed by atoms with E-state index in [0.29, 0.717) is 35.2 Å². The smallest absolute Gasteiger partial charge is 0.347 e. The lowest BCUT2D eigenvalue weighted by atomic mass is 10.2. The number of halogens is 1. The molecule has 0 unspecified atom stereocenters. The molecule has 2 aromatic rings. The molecule has 0 radical (unpaired) electrons. The first-order valence-electron chi connectivity index (χ1n) is 8.57. The van der Waals surface area contributed by atoms with Gasteiger partial charge in [-0.15, -0.1) is 0 Å². The molecule has 0 aromatic heterocycles. The van der Waals surface area contributed by atoms with Crippen LogP contribution in [0.2, 0.25) is 5.02 Å². The Bertz CT molecular complexity index is 746. The number of amides is 1. The maximum atomic E-state index is 12.2. The molecular weight excluding hydrogens is 370 g/mol. The Morgan fingerprint density at radius 1 is 1.04 bits per heavy atom. The van der Waals surface area contributed by atoms with Crippen molar-refractivity contribution >= 4 is 29.2 Å². The van der Waals surface area contributed by atoms with Crippen molar-refractivity contribution in [2.24, 2.45) is 0 Å². The Kier molecular flexibility index (Phi) is 8.10. The Hall–Kier alpha value is -2.57. The second-order valence-corrected chi connectivity index (χ2v) is 6.05. The molecule has 7 heteroatoms. The number of ether oxygens (including phenoxy) is 3. The van der Waals surface area contributed by atoms with Crippen LogP contribution < -0.4 is 10.1 Å². The van der Waals surface area contributed by atoms with Gasteiger partial charge in [-0.25, -0.2) is 4.79 Å². The molecule has 0 heterocycles. The zero-order chi connectivity index (χ0) is 19.6. The third kappa shape index (κ3) is 6.92. The van der Waals surface area contributed by atoms with E-state index >= 15 is 0 Å². The number of hydrogen-bond donors (Lipinski definition) is 1. The molecule has 0 saturated heterocycles. The monoisotopic (exact) mass is 391 g/mol. The van der Waals surface area contributed by atoms with E-state index < -0.39 is 12.1 Å². The van der Waals surface area contributed by atoms with Crippen LogP contribution in [0.1, 0.15) is 24.2 Å². The molecule has 0 aliphatic carbocycles. The SMILES string of the molecule is CCOCCOC(=O)[C@@H](C)Oc1ccc(C(=O)Nc2ccc(Cl)cc2)cc1. The number of carbonyl (C=O) groups excluding carboxylic acids is 2. The number of nitrogens with one attached hydrogen (secondary N) is 1. The van der Waals surface area contributed by atoms with Gasteiger partial charge in [0.05, 0.1) is 6.61 Å². The van der Waals surface area contributed by atoms with Crippen molar-refractivity contribution in [3.05, 3.63) is 59.1 Å². The summed E-state index contributed by atoms with van der Waals surface area (Å²) in [5.74, 6) is -0.265. The minimum Gasteiger partial charge on any atom is -0.479 e. The third-order valence-corrected chi connectivity index (χ3v) is 3.79. The van der Waals surface area contributed by atoms with Gasteiger partial charge in [0.25, 0.3) is 5.91 Å². The van der Waals surface area contributed by atoms with Gasteiger partial charge < -0.3 is 19.5 Å². The Labute approximate surface area is 163 Å². The molecule has 1 amide bonds. The quantitative estimate of drug-likeness (QED) is 0.517. The minimum absolute atomic E-state index is 0.185. The average Bonchev–Trinajstić information content (AvgIpc) is 2.67. The van der Waals surface area contributed by atoms with Crippen LogP contribution in [0.15, 0.2) is 48.5 Å². The summed E-state index contributed by atoms with van der Waals surface area (Å²) >= 11 is 5.82. The number of benzene rings is 2. The molecule has 27 heavy (non-hydrogen) atoms. The molecule has 0 bridgehead atoms. The van der Waals surface area contributed by atoms with Crippen LogP contribution in [0.5, 0.6) is 5.75 Å². The normalized spacial score (nSPS) is 11.5. The summed E-state index contributed by atoms with van der Waals surface area (Å²) in [5, 5.41) is 3.37. The molecule has 0 saturated carbocycles. The summed E-state index contributed by atoms with van der Waals surface area (Å²) in [6.45, 7) is 4.58. The number of hydrogen-bond acceptors (Lipinski definition) is 5. The highest BCUT2D eigenvalue weighted by atomic mass is 35.5. The third-order valence-electron chi connectivity index (χ3n) is 3.54. The number of carbonyl (C=O) groups is 2. The van der Waals surface area contributed by atoms with E-state index in [1.807, 2.05) is 6.92 Å². The average molecular weight is 392 g/mol. The first-order chi connectivity index (χ1) is 13.0. The predicted molar refractivity (Wildman–Crippen MR) is 103 cm³/mol. The molecule has 0 aliphatic heterocycles. The summed E-state index contributed by atoms with van der Waals surface area (Å²) in [5.41, 5.74) is 1.11. The molecule has 2 aromatic carbocycles. The van der Waals surface area contributed by atoms with E-state index in [1.54, 1.807) is 55.5 Å². The van der Waals surface area contributed by atoms with Gasteiger partial charge in [-0.3, -0.25) is 4.79 Å². The van der Waals surface area contributed by atoms with Crippen molar-refractivity contribution in [1.82, 2.24) is 0 Å². The fourth-order valence-corrected chi connectivity index (χ4v) is 2.26. The van der Waals surface area contributed by atoms with E-state index in [1.165, 1.54) is 0 Å². The van der Waals surface area contributed by atoms with E-state index in [0.717, 1.165) is 0 Å². The summed E-state index contributed by atoms with van der Waals surface area (Å²) in [6, 6.07) is 13.3. The molecule has 1 N–H and O–H groups in total. The van der Waals surface area contributed by atoms with Crippen LogP contribution >= 0.6 is 11.6 Å². The lowest BCUT2D eigenvalue weighted by Gasteiger charge is -2.14. The largest absolute Gasteiger partial charge is 0.479 e. The second kappa shape index (κ2) is 10.5. The van der Waals surface area contributed by atoms with E-state index in [9.17, 15) is 9.59 Å². The first kappa shape index (κ1) is 20.7. The number of anilines is 1. The Balaban J connectivity index is 1.85. The maximum absolute atomic E-state index is 12.2. The molecule has 6 nitrogen and oxygen atoms in total. The van der Waals surface area contributed by atoms with Crippen LogP contribution in [0, 0.1) is 0 Å². The van der Waals surface area contributed by atoms with Gasteiger partial charge in [-0.2, -0.15) is 0 Å². The standard InChI is InChI=1S/C20H22ClNO5/c1-3-25-12-13-26-20(24)14(2)27-18-10-4-15(5-11-18)19(23)22-17-8-6-16(21)7-9-17/h4-11,14H,3,12-13H2,1-2H3,(H,22,23)/t14-/m1/s1. The minimum atomic E-state index is -0.764. The van der Waals surface area contributed by atoms with Crippen LogP contribution in [-0.4, -0.2) is 37.8 Å². The number of rotatable bonds is 9. The fourth-order valence-electron chi connectivity index (χ4n) is 2.14. The zero-order valence-electron chi connectivity index (χ0n) is 15.2. The van der Waals surface area contributed by atoms with Gasteiger partial charge in [0.1, 0.15) is 12.4 Å². The fraction of sp³-hybridized carbons (Fsp3) is 0.300. The van der Waals surface area contributed by atoms with Crippen LogP contribution in [0.4, 0.5) is 5.69 Å². The van der Waals surface area contributed by atoms with E-state index in [4.69, 9.17) is 25.8 Å². The van der Waals surface area contributed by atoms with Crippen molar-refractivity contribution in [1.29, 1.82) is 0 Å². The van der Waals surface area contributed by atoms with Gasteiger partial charge in [0, 0.05) is 22.9 Å². The molecule has 2 rings (SSSR count).